The Balaban J connectivity index is 1.83. The maximum Gasteiger partial charge on any atom is 0.269 e. The molecule has 1 aliphatic rings. The summed E-state index contributed by atoms with van der Waals surface area (Å²) in [7, 11) is 0. The number of anilines is 1. The van der Waals surface area contributed by atoms with Crippen molar-refractivity contribution in [2.75, 3.05) is 11.9 Å². The molecule has 0 fully saturated rings. The number of aryl methyl sites for hydroxylation is 1. The van der Waals surface area contributed by atoms with Crippen LogP contribution in [0.3, 0.4) is 0 Å². The van der Waals surface area contributed by atoms with Gasteiger partial charge in [-0.15, -0.1) is 0 Å². The van der Waals surface area contributed by atoms with Crippen LogP contribution in [0.1, 0.15) is 23.6 Å². The fraction of sp³-hybridized carbons (Fsp3) is 0.211. The van der Waals surface area contributed by atoms with Crippen molar-refractivity contribution in [1.29, 1.82) is 0 Å². The Labute approximate surface area is 146 Å². The third-order valence-electron chi connectivity index (χ3n) is 3.79. The summed E-state index contributed by atoms with van der Waals surface area (Å²) < 4.78 is 0. The second-order valence-corrected chi connectivity index (χ2v) is 5.92. The number of carbonyl (C=O) groups excluding carboxylic acids is 2. The molecular formula is C19H19N3O3. The second-order valence-electron chi connectivity index (χ2n) is 5.92. The molecule has 3 rings (SSSR count). The number of oxime groups is 1. The van der Waals surface area contributed by atoms with E-state index >= 15 is 0 Å². The van der Waals surface area contributed by atoms with Crippen molar-refractivity contribution in [2.24, 2.45) is 5.16 Å². The van der Waals surface area contributed by atoms with E-state index in [0.29, 0.717) is 12.4 Å². The zero-order valence-corrected chi connectivity index (χ0v) is 14.2. The summed E-state index contributed by atoms with van der Waals surface area (Å²) in [5.41, 5.74) is 3.57. The summed E-state index contributed by atoms with van der Waals surface area (Å²) in [6.45, 7) is 3.76. The Morgan fingerprint density at radius 2 is 2.00 bits per heavy atom. The van der Waals surface area contributed by atoms with Gasteiger partial charge in [-0.05, 0) is 30.7 Å². The first kappa shape index (κ1) is 16.7. The van der Waals surface area contributed by atoms with Gasteiger partial charge in [-0.2, -0.15) is 0 Å². The van der Waals surface area contributed by atoms with Gasteiger partial charge in [0.15, 0.2) is 12.4 Å². The van der Waals surface area contributed by atoms with Gasteiger partial charge in [0.1, 0.15) is 0 Å². The van der Waals surface area contributed by atoms with E-state index in [2.05, 4.69) is 10.5 Å². The number of amides is 2. The predicted molar refractivity (Wildman–Crippen MR) is 95.0 cm³/mol. The van der Waals surface area contributed by atoms with Crippen LogP contribution in [0.25, 0.3) is 0 Å². The average Bonchev–Trinajstić information content (AvgIpc) is 2.58. The lowest BCUT2D eigenvalue weighted by Crippen LogP contribution is -2.42. The van der Waals surface area contributed by atoms with Gasteiger partial charge in [0.2, 0.25) is 5.91 Å². The van der Waals surface area contributed by atoms with Crippen LogP contribution >= 0.6 is 0 Å². The number of carbonyl (C=O) groups is 2. The van der Waals surface area contributed by atoms with Crippen LogP contribution in [-0.2, 0) is 21.0 Å². The number of rotatable bonds is 4. The molecule has 0 saturated heterocycles. The zero-order chi connectivity index (χ0) is 17.8. The van der Waals surface area contributed by atoms with Gasteiger partial charge in [-0.25, -0.2) is 0 Å². The maximum absolute atomic E-state index is 12.3. The summed E-state index contributed by atoms with van der Waals surface area (Å²) >= 11 is 0. The van der Waals surface area contributed by atoms with Crippen molar-refractivity contribution in [3.05, 3.63) is 65.2 Å². The van der Waals surface area contributed by atoms with Gasteiger partial charge in [0, 0.05) is 18.2 Å². The molecule has 1 N–H and O–H groups in total. The molecule has 6 heteroatoms. The highest BCUT2D eigenvalue weighted by atomic mass is 16.6. The molecule has 1 aliphatic heterocycles. The quantitative estimate of drug-likeness (QED) is 0.932. The minimum absolute atomic E-state index is 0.0701. The molecule has 2 aromatic carbocycles. The average molecular weight is 337 g/mol. The topological polar surface area (TPSA) is 71.0 Å². The predicted octanol–water partition coefficient (Wildman–Crippen LogP) is 2.67. The van der Waals surface area contributed by atoms with E-state index in [4.69, 9.17) is 4.84 Å². The van der Waals surface area contributed by atoms with E-state index in [-0.39, 0.29) is 18.4 Å². The monoisotopic (exact) mass is 337 g/mol. The zero-order valence-electron chi connectivity index (χ0n) is 14.2. The molecule has 0 radical (unpaired) electrons. The standard InChI is InChI=1S/C19H19N3O3/c1-13-4-3-5-16(10-13)19-21-25-12-18(24)22(19)11-15-6-8-17(9-7-15)20-14(2)23/h3-10H,11-12H2,1-2H3,(H,20,23). The molecule has 0 saturated carbocycles. The molecule has 25 heavy (non-hydrogen) atoms. The van der Waals surface area contributed by atoms with Gasteiger partial charge in [-0.3, -0.25) is 14.5 Å². The molecule has 0 spiro atoms. The summed E-state index contributed by atoms with van der Waals surface area (Å²) in [6, 6.07) is 15.2. The highest BCUT2D eigenvalue weighted by Gasteiger charge is 2.26. The summed E-state index contributed by atoms with van der Waals surface area (Å²) in [5.74, 6) is 0.244. The number of benzene rings is 2. The minimum Gasteiger partial charge on any atom is -0.384 e. The maximum atomic E-state index is 12.3. The van der Waals surface area contributed by atoms with Crippen molar-refractivity contribution in [3.63, 3.8) is 0 Å². The van der Waals surface area contributed by atoms with Gasteiger partial charge in [-0.1, -0.05) is 41.1 Å². The molecular weight excluding hydrogens is 318 g/mol. The number of nitrogens with one attached hydrogen (secondary N) is 1. The fourth-order valence-electron chi connectivity index (χ4n) is 2.63. The summed E-state index contributed by atoms with van der Waals surface area (Å²) in [5, 5.41) is 6.81. The van der Waals surface area contributed by atoms with Gasteiger partial charge in [0.25, 0.3) is 5.91 Å². The second kappa shape index (κ2) is 7.17. The largest absolute Gasteiger partial charge is 0.384 e. The Bertz CT molecular complexity index is 828. The molecule has 0 aromatic heterocycles. The first-order chi connectivity index (χ1) is 12.0. The van der Waals surface area contributed by atoms with Crippen molar-refractivity contribution in [2.45, 2.75) is 20.4 Å². The molecule has 2 amide bonds. The summed E-state index contributed by atoms with van der Waals surface area (Å²) in [4.78, 5) is 30.1. The van der Waals surface area contributed by atoms with Gasteiger partial charge >= 0.3 is 0 Å². The van der Waals surface area contributed by atoms with Crippen LogP contribution < -0.4 is 5.32 Å². The smallest absolute Gasteiger partial charge is 0.269 e. The van der Waals surface area contributed by atoms with Crippen LogP contribution in [0.5, 0.6) is 0 Å². The number of hydrogen-bond donors (Lipinski definition) is 1. The normalized spacial score (nSPS) is 13.9. The van der Waals surface area contributed by atoms with Crippen LogP contribution in [-0.4, -0.2) is 29.2 Å². The van der Waals surface area contributed by atoms with E-state index in [1.807, 2.05) is 55.5 Å². The van der Waals surface area contributed by atoms with Crippen molar-refractivity contribution < 1.29 is 14.4 Å². The van der Waals surface area contributed by atoms with E-state index in [1.54, 1.807) is 4.90 Å². The molecule has 1 heterocycles. The number of nitrogens with zero attached hydrogens (tertiary/aromatic N) is 2. The van der Waals surface area contributed by atoms with Crippen LogP contribution in [0.2, 0.25) is 0 Å². The Kier molecular flexibility index (Phi) is 4.79. The van der Waals surface area contributed by atoms with Gasteiger partial charge in [0.05, 0.1) is 6.54 Å². The van der Waals surface area contributed by atoms with Crippen LogP contribution in [0.4, 0.5) is 5.69 Å². The first-order valence-corrected chi connectivity index (χ1v) is 7.97. The molecule has 128 valence electrons. The summed E-state index contributed by atoms with van der Waals surface area (Å²) in [6.07, 6.45) is 0. The third-order valence-corrected chi connectivity index (χ3v) is 3.79. The van der Waals surface area contributed by atoms with Crippen molar-refractivity contribution >= 4 is 23.3 Å². The SMILES string of the molecule is CC(=O)Nc1ccc(CN2C(=O)CON=C2c2cccc(C)c2)cc1. The minimum atomic E-state index is -0.141. The highest BCUT2D eigenvalue weighted by molar-refractivity contribution is 6.08. The third kappa shape index (κ3) is 4.03. The highest BCUT2D eigenvalue weighted by Crippen LogP contribution is 2.17. The molecule has 2 aromatic rings. The number of amidine groups is 1. The number of hydrogen-bond acceptors (Lipinski definition) is 4. The van der Waals surface area contributed by atoms with Crippen LogP contribution in [0, 0.1) is 6.92 Å². The fourth-order valence-corrected chi connectivity index (χ4v) is 2.63. The van der Waals surface area contributed by atoms with E-state index in [1.165, 1.54) is 6.92 Å². The van der Waals surface area contributed by atoms with Crippen molar-refractivity contribution in [1.82, 2.24) is 4.90 Å². The molecule has 0 unspecified atom stereocenters. The van der Waals surface area contributed by atoms with E-state index < -0.39 is 0 Å². The lowest BCUT2D eigenvalue weighted by atomic mass is 10.1. The molecule has 6 nitrogen and oxygen atoms in total. The Morgan fingerprint density at radius 3 is 2.68 bits per heavy atom. The van der Waals surface area contributed by atoms with Gasteiger partial charge < -0.3 is 10.2 Å². The lowest BCUT2D eigenvalue weighted by molar-refractivity contribution is -0.134. The first-order valence-electron chi connectivity index (χ1n) is 7.97. The van der Waals surface area contributed by atoms with E-state index in [0.717, 1.165) is 22.4 Å². The lowest BCUT2D eigenvalue weighted by Gasteiger charge is -2.27. The molecule has 0 aliphatic carbocycles. The molecule has 0 bridgehead atoms. The Morgan fingerprint density at radius 1 is 1.24 bits per heavy atom. The van der Waals surface area contributed by atoms with Crippen LogP contribution in [0.15, 0.2) is 53.7 Å². The Hall–Kier alpha value is -3.15. The molecule has 0 atom stereocenters. The van der Waals surface area contributed by atoms with E-state index in [9.17, 15) is 9.59 Å². The van der Waals surface area contributed by atoms with Crippen molar-refractivity contribution in [3.8, 4) is 0 Å².